The van der Waals surface area contributed by atoms with Crippen LogP contribution in [0.4, 0.5) is 0 Å². The third-order valence-corrected chi connectivity index (χ3v) is 4.77. The van der Waals surface area contributed by atoms with Crippen molar-refractivity contribution in [3.63, 3.8) is 0 Å². The molecule has 0 saturated heterocycles. The summed E-state index contributed by atoms with van der Waals surface area (Å²) in [6.07, 6.45) is 0. The second kappa shape index (κ2) is 6.12. The van der Waals surface area contributed by atoms with Crippen molar-refractivity contribution in [1.82, 2.24) is 0 Å². The summed E-state index contributed by atoms with van der Waals surface area (Å²) in [7, 11) is 0. The molecule has 0 saturated carbocycles. The monoisotopic (exact) mass is 330 g/mol. The minimum absolute atomic E-state index is 0.105. The highest BCUT2D eigenvalue weighted by atomic mass is 32.2. The Kier molecular flexibility index (Phi) is 4.72. The molecule has 0 aliphatic carbocycles. The molecule has 23 heavy (non-hydrogen) atoms. The van der Waals surface area contributed by atoms with E-state index in [4.69, 9.17) is 0 Å². The van der Waals surface area contributed by atoms with E-state index >= 15 is 0 Å². The fourth-order valence-corrected chi connectivity index (χ4v) is 3.39. The first-order valence-electron chi connectivity index (χ1n) is 7.83. The maximum Gasteiger partial charge on any atom is 0.119 e. The van der Waals surface area contributed by atoms with Crippen LogP contribution in [0.3, 0.4) is 0 Å². The molecule has 0 bridgehead atoms. The predicted molar refractivity (Wildman–Crippen MR) is 97.7 cm³/mol. The normalized spacial score (nSPS) is 12.4. The molecule has 0 unspecified atom stereocenters. The predicted octanol–water partition coefficient (Wildman–Crippen LogP) is 5.84. The fraction of sp³-hybridized carbons (Fsp3) is 0.400. The second-order valence-electron chi connectivity index (χ2n) is 7.96. The molecule has 0 fully saturated rings. The van der Waals surface area contributed by atoms with Crippen molar-refractivity contribution in [1.29, 1.82) is 0 Å². The molecular weight excluding hydrogens is 304 g/mol. The summed E-state index contributed by atoms with van der Waals surface area (Å²) < 4.78 is 0. The third-order valence-electron chi connectivity index (χ3n) is 3.79. The average molecular weight is 330 g/mol. The first-order valence-corrected chi connectivity index (χ1v) is 8.65. The van der Waals surface area contributed by atoms with Crippen LogP contribution in [0, 0.1) is 0 Å². The van der Waals surface area contributed by atoms with E-state index in [1.807, 2.05) is 24.3 Å². The van der Waals surface area contributed by atoms with E-state index in [1.54, 1.807) is 23.9 Å². The lowest BCUT2D eigenvalue weighted by Crippen LogP contribution is -2.11. The van der Waals surface area contributed by atoms with Crippen LogP contribution in [-0.2, 0) is 10.8 Å². The zero-order valence-electron chi connectivity index (χ0n) is 14.8. The SMILES string of the molecule is CC(C)(C)c1cc(Sc2ccc(O)c(C(C)(C)C)c2)ccc1O. The van der Waals surface area contributed by atoms with Crippen molar-refractivity contribution in [3.8, 4) is 11.5 Å². The van der Waals surface area contributed by atoms with Crippen LogP contribution in [0.5, 0.6) is 11.5 Å². The maximum absolute atomic E-state index is 10.1. The Hall–Kier alpha value is -1.61. The third kappa shape index (κ3) is 4.23. The zero-order valence-corrected chi connectivity index (χ0v) is 15.6. The van der Waals surface area contributed by atoms with Gasteiger partial charge in [0.05, 0.1) is 0 Å². The smallest absolute Gasteiger partial charge is 0.119 e. The summed E-state index contributed by atoms with van der Waals surface area (Å²) in [4.78, 5) is 2.16. The summed E-state index contributed by atoms with van der Waals surface area (Å²) in [5.41, 5.74) is 1.67. The summed E-state index contributed by atoms with van der Waals surface area (Å²) in [5, 5.41) is 20.2. The number of rotatable bonds is 2. The van der Waals surface area contributed by atoms with Crippen LogP contribution < -0.4 is 0 Å². The number of phenols is 2. The van der Waals surface area contributed by atoms with Gasteiger partial charge in [0.1, 0.15) is 11.5 Å². The summed E-state index contributed by atoms with van der Waals surface area (Å²) >= 11 is 1.64. The summed E-state index contributed by atoms with van der Waals surface area (Å²) in [6, 6.07) is 11.5. The Morgan fingerprint density at radius 1 is 0.652 bits per heavy atom. The maximum atomic E-state index is 10.1. The van der Waals surface area contributed by atoms with Gasteiger partial charge in [0.25, 0.3) is 0 Å². The minimum Gasteiger partial charge on any atom is -0.508 e. The molecule has 124 valence electrons. The Balaban J connectivity index is 2.37. The molecule has 2 aromatic rings. The molecule has 0 aliphatic heterocycles. The molecule has 0 atom stereocenters. The van der Waals surface area contributed by atoms with Crippen LogP contribution in [0.2, 0.25) is 0 Å². The lowest BCUT2D eigenvalue weighted by molar-refractivity contribution is 0.445. The van der Waals surface area contributed by atoms with Crippen molar-refractivity contribution in [2.75, 3.05) is 0 Å². The van der Waals surface area contributed by atoms with Gasteiger partial charge in [-0.3, -0.25) is 0 Å². The molecule has 2 nitrogen and oxygen atoms in total. The first-order chi connectivity index (χ1) is 10.5. The van der Waals surface area contributed by atoms with E-state index in [0.717, 1.165) is 20.9 Å². The fourth-order valence-electron chi connectivity index (χ4n) is 2.49. The lowest BCUT2D eigenvalue weighted by atomic mass is 9.86. The van der Waals surface area contributed by atoms with Crippen LogP contribution in [0.15, 0.2) is 46.2 Å². The molecule has 2 aromatic carbocycles. The van der Waals surface area contributed by atoms with E-state index in [9.17, 15) is 10.2 Å². The van der Waals surface area contributed by atoms with Gasteiger partial charge in [-0.25, -0.2) is 0 Å². The van der Waals surface area contributed by atoms with E-state index in [1.165, 1.54) is 0 Å². The van der Waals surface area contributed by atoms with Crippen molar-refractivity contribution >= 4 is 11.8 Å². The van der Waals surface area contributed by atoms with Gasteiger partial charge in [0.15, 0.2) is 0 Å². The molecule has 0 spiro atoms. The number of aromatic hydroxyl groups is 2. The van der Waals surface area contributed by atoms with Crippen molar-refractivity contribution in [2.24, 2.45) is 0 Å². The highest BCUT2D eigenvalue weighted by Crippen LogP contribution is 2.39. The first kappa shape index (κ1) is 17.7. The molecular formula is C20H26O2S. The van der Waals surface area contributed by atoms with Crippen molar-refractivity contribution in [2.45, 2.75) is 62.2 Å². The van der Waals surface area contributed by atoms with Gasteiger partial charge in [0.2, 0.25) is 0 Å². The average Bonchev–Trinajstić information content (AvgIpc) is 2.40. The van der Waals surface area contributed by atoms with Crippen LogP contribution >= 0.6 is 11.8 Å². The van der Waals surface area contributed by atoms with E-state index in [0.29, 0.717) is 11.5 Å². The Morgan fingerprint density at radius 2 is 1.00 bits per heavy atom. The highest BCUT2D eigenvalue weighted by molar-refractivity contribution is 7.99. The quantitative estimate of drug-likeness (QED) is 0.726. The summed E-state index contributed by atoms with van der Waals surface area (Å²) in [6.45, 7) is 12.6. The van der Waals surface area contributed by atoms with E-state index in [2.05, 4.69) is 41.5 Å². The van der Waals surface area contributed by atoms with Gasteiger partial charge in [-0.1, -0.05) is 53.3 Å². The van der Waals surface area contributed by atoms with Gasteiger partial charge in [-0.05, 0) is 47.2 Å². The van der Waals surface area contributed by atoms with Crippen molar-refractivity contribution < 1.29 is 10.2 Å². The molecule has 3 heteroatoms. The van der Waals surface area contributed by atoms with Gasteiger partial charge >= 0.3 is 0 Å². The molecule has 0 aliphatic rings. The zero-order chi connectivity index (χ0) is 17.4. The summed E-state index contributed by atoms with van der Waals surface area (Å²) in [5.74, 6) is 0.672. The number of benzene rings is 2. The topological polar surface area (TPSA) is 40.5 Å². The Morgan fingerprint density at radius 3 is 1.30 bits per heavy atom. The van der Waals surface area contributed by atoms with E-state index in [-0.39, 0.29) is 10.8 Å². The highest BCUT2D eigenvalue weighted by Gasteiger charge is 2.20. The van der Waals surface area contributed by atoms with Crippen LogP contribution in [0.25, 0.3) is 0 Å². The number of hydrogen-bond donors (Lipinski definition) is 2. The van der Waals surface area contributed by atoms with Gasteiger partial charge in [0, 0.05) is 20.9 Å². The number of phenolic OH excluding ortho intramolecular Hbond substituents is 2. The van der Waals surface area contributed by atoms with Crippen LogP contribution in [0.1, 0.15) is 52.7 Å². The Labute approximate surface area is 143 Å². The minimum atomic E-state index is -0.105. The van der Waals surface area contributed by atoms with Gasteiger partial charge in [-0.2, -0.15) is 0 Å². The second-order valence-corrected chi connectivity index (χ2v) is 9.11. The van der Waals surface area contributed by atoms with Gasteiger partial charge in [-0.15, -0.1) is 0 Å². The van der Waals surface area contributed by atoms with Gasteiger partial charge < -0.3 is 10.2 Å². The molecule has 2 rings (SSSR count). The molecule has 0 heterocycles. The molecule has 0 amide bonds. The Bertz CT molecular complexity index is 645. The van der Waals surface area contributed by atoms with Crippen LogP contribution in [-0.4, -0.2) is 10.2 Å². The number of hydrogen-bond acceptors (Lipinski definition) is 3. The van der Waals surface area contributed by atoms with Crippen molar-refractivity contribution in [3.05, 3.63) is 47.5 Å². The standard InChI is InChI=1S/C20H26O2S/c1-19(2,3)15-11-13(7-9-17(15)21)23-14-8-10-18(22)16(12-14)20(4,5)6/h7-12,21-22H,1-6H3. The molecule has 2 N–H and O–H groups in total. The van der Waals surface area contributed by atoms with E-state index < -0.39 is 0 Å². The lowest BCUT2D eigenvalue weighted by Gasteiger charge is -2.22. The molecule has 0 radical (unpaired) electrons. The molecule has 0 aromatic heterocycles. The largest absolute Gasteiger partial charge is 0.508 e.